The van der Waals surface area contributed by atoms with Crippen LogP contribution in [0.15, 0.2) is 12.1 Å². The summed E-state index contributed by atoms with van der Waals surface area (Å²) < 4.78 is 36.5. The third kappa shape index (κ3) is 4.35. The number of carbonyl (C=O) groups excluding carboxylic acids is 1. The van der Waals surface area contributed by atoms with E-state index in [1.165, 1.54) is 12.1 Å². The largest absolute Gasteiger partial charge is 0.550 e. The molecule has 1 atom stereocenters. The lowest BCUT2D eigenvalue weighted by molar-refractivity contribution is -0.305. The number of alkyl halides is 3. The number of aliphatic hydroxyl groups excluding tert-OH is 1. The molecule has 0 aliphatic rings. The summed E-state index contributed by atoms with van der Waals surface area (Å²) in [5, 5.41) is 19.1. The smallest absolute Gasteiger partial charge is 0.419 e. The first-order valence-corrected chi connectivity index (χ1v) is 5.65. The monoisotopic (exact) mass is 267 g/mol. The van der Waals surface area contributed by atoms with Crippen molar-refractivity contribution < 1.29 is 28.2 Å². The van der Waals surface area contributed by atoms with Crippen LogP contribution < -0.4 is 5.11 Å². The lowest BCUT2D eigenvalue weighted by Gasteiger charge is -2.12. The predicted molar refractivity (Wildman–Crippen MR) is 53.3 cm³/mol. The second-order valence-electron chi connectivity index (χ2n) is 3.47. The Hall–Kier alpha value is -1.08. The van der Waals surface area contributed by atoms with Crippen LogP contribution in [-0.4, -0.2) is 17.3 Å². The van der Waals surface area contributed by atoms with Crippen LogP contribution in [0.25, 0.3) is 0 Å². The zero-order valence-electron chi connectivity index (χ0n) is 8.66. The van der Waals surface area contributed by atoms with Gasteiger partial charge in [0, 0.05) is 15.7 Å². The van der Waals surface area contributed by atoms with E-state index in [9.17, 15) is 23.1 Å². The molecule has 0 saturated carbocycles. The molecule has 0 radical (unpaired) electrons. The second kappa shape index (κ2) is 5.50. The lowest BCUT2D eigenvalue weighted by atomic mass is 10.2. The van der Waals surface area contributed by atoms with Gasteiger partial charge in [0.2, 0.25) is 0 Å². The standard InChI is InChI=1S/C10H11F3O3S/c11-10(12,13)9(16)7-5-4-6(17-7)2-1-3-8(14)15/h4-5,9,16H,1-3H2,(H,14,15)/p-1. The van der Waals surface area contributed by atoms with Crippen molar-refractivity contribution in [3.8, 4) is 0 Å². The third-order valence-corrected chi connectivity index (χ3v) is 3.26. The molecule has 7 heteroatoms. The summed E-state index contributed by atoms with van der Waals surface area (Å²) in [6.45, 7) is 0. The average Bonchev–Trinajstić information content (AvgIpc) is 2.63. The molecule has 1 heterocycles. The molecule has 0 aliphatic carbocycles. The topological polar surface area (TPSA) is 60.4 Å². The van der Waals surface area contributed by atoms with Gasteiger partial charge in [-0.1, -0.05) is 0 Å². The summed E-state index contributed by atoms with van der Waals surface area (Å²) in [7, 11) is 0. The van der Waals surface area contributed by atoms with Crippen molar-refractivity contribution in [1.29, 1.82) is 0 Å². The summed E-state index contributed by atoms with van der Waals surface area (Å²) in [6.07, 6.45) is -6.60. The number of rotatable bonds is 5. The van der Waals surface area contributed by atoms with Crippen molar-refractivity contribution >= 4 is 17.3 Å². The first-order chi connectivity index (χ1) is 7.80. The highest BCUT2D eigenvalue weighted by Gasteiger charge is 2.40. The number of halogens is 3. The summed E-state index contributed by atoms with van der Waals surface area (Å²) in [4.78, 5) is 10.6. The Kier molecular flexibility index (Phi) is 4.53. The highest BCUT2D eigenvalue weighted by Crippen LogP contribution is 2.36. The highest BCUT2D eigenvalue weighted by molar-refractivity contribution is 7.12. The summed E-state index contributed by atoms with van der Waals surface area (Å²) in [5.41, 5.74) is 0. The van der Waals surface area contributed by atoms with Crippen LogP contribution in [0.1, 0.15) is 28.7 Å². The maximum atomic E-state index is 12.2. The molecule has 1 N–H and O–H groups in total. The lowest BCUT2D eigenvalue weighted by Crippen LogP contribution is -2.21. The molecule has 96 valence electrons. The van der Waals surface area contributed by atoms with E-state index in [-0.39, 0.29) is 11.3 Å². The number of carboxylic acids is 1. The van der Waals surface area contributed by atoms with Crippen LogP contribution in [0, 0.1) is 0 Å². The van der Waals surface area contributed by atoms with E-state index in [4.69, 9.17) is 5.11 Å². The number of aliphatic carboxylic acids is 1. The van der Waals surface area contributed by atoms with Crippen LogP contribution in [0.3, 0.4) is 0 Å². The zero-order chi connectivity index (χ0) is 13.1. The fraction of sp³-hybridized carbons (Fsp3) is 0.500. The Labute approximate surface area is 99.5 Å². The minimum Gasteiger partial charge on any atom is -0.550 e. The second-order valence-corrected chi connectivity index (χ2v) is 4.67. The van der Waals surface area contributed by atoms with E-state index in [2.05, 4.69) is 0 Å². The number of thiophene rings is 1. The number of hydrogen-bond donors (Lipinski definition) is 1. The maximum Gasteiger partial charge on any atom is 0.419 e. The van der Waals surface area contributed by atoms with Crippen LogP contribution in [0.4, 0.5) is 13.2 Å². The molecule has 1 aromatic heterocycles. The molecule has 0 aromatic carbocycles. The maximum absolute atomic E-state index is 12.2. The van der Waals surface area contributed by atoms with E-state index < -0.39 is 18.2 Å². The van der Waals surface area contributed by atoms with Crippen molar-refractivity contribution in [2.24, 2.45) is 0 Å². The number of aryl methyl sites for hydroxylation is 1. The number of carboxylic acid groups (broad SMARTS) is 1. The molecule has 0 spiro atoms. The number of carbonyl (C=O) groups is 1. The zero-order valence-corrected chi connectivity index (χ0v) is 9.48. The highest BCUT2D eigenvalue weighted by atomic mass is 32.1. The van der Waals surface area contributed by atoms with Gasteiger partial charge < -0.3 is 15.0 Å². The number of hydrogen-bond acceptors (Lipinski definition) is 4. The van der Waals surface area contributed by atoms with Crippen molar-refractivity contribution in [1.82, 2.24) is 0 Å². The van der Waals surface area contributed by atoms with E-state index in [1.54, 1.807) is 0 Å². The van der Waals surface area contributed by atoms with Gasteiger partial charge in [0.25, 0.3) is 0 Å². The third-order valence-electron chi connectivity index (χ3n) is 2.07. The van der Waals surface area contributed by atoms with E-state index >= 15 is 0 Å². The van der Waals surface area contributed by atoms with Gasteiger partial charge in [0.1, 0.15) is 0 Å². The Morgan fingerprint density at radius 3 is 2.65 bits per heavy atom. The molecular weight excluding hydrogens is 257 g/mol. The molecule has 0 fully saturated rings. The van der Waals surface area contributed by atoms with Gasteiger partial charge in [-0.15, -0.1) is 11.3 Å². The van der Waals surface area contributed by atoms with Crippen molar-refractivity contribution in [2.45, 2.75) is 31.5 Å². The van der Waals surface area contributed by atoms with Gasteiger partial charge in [0.15, 0.2) is 6.10 Å². The summed E-state index contributed by atoms with van der Waals surface area (Å²) in [6, 6.07) is 2.67. The Bertz CT molecular complexity index is 386. The molecule has 0 aliphatic heterocycles. The van der Waals surface area contributed by atoms with Crippen LogP contribution in [-0.2, 0) is 11.2 Å². The quantitative estimate of drug-likeness (QED) is 0.877. The molecular formula is C10H10F3O3S-. The van der Waals surface area contributed by atoms with E-state index in [0.717, 1.165) is 11.3 Å². The van der Waals surface area contributed by atoms with E-state index in [0.29, 0.717) is 17.7 Å². The number of aliphatic hydroxyl groups is 1. The van der Waals surface area contributed by atoms with Gasteiger partial charge in [-0.2, -0.15) is 13.2 Å². The molecule has 3 nitrogen and oxygen atoms in total. The average molecular weight is 267 g/mol. The van der Waals surface area contributed by atoms with Gasteiger partial charge >= 0.3 is 6.18 Å². The minimum absolute atomic E-state index is 0.130. The normalized spacial score (nSPS) is 13.6. The molecule has 17 heavy (non-hydrogen) atoms. The first-order valence-electron chi connectivity index (χ1n) is 4.84. The fourth-order valence-corrected chi connectivity index (χ4v) is 2.31. The summed E-state index contributed by atoms with van der Waals surface area (Å²) in [5.74, 6) is -1.18. The fourth-order valence-electron chi connectivity index (χ4n) is 1.24. The molecule has 1 aromatic rings. The molecule has 1 unspecified atom stereocenters. The first kappa shape index (κ1) is 14.0. The van der Waals surface area contributed by atoms with Gasteiger partial charge in [0.05, 0.1) is 0 Å². The van der Waals surface area contributed by atoms with Gasteiger partial charge in [-0.3, -0.25) is 0 Å². The minimum atomic E-state index is -4.67. The van der Waals surface area contributed by atoms with Crippen molar-refractivity contribution in [2.75, 3.05) is 0 Å². The molecule has 1 rings (SSSR count). The van der Waals surface area contributed by atoms with Crippen LogP contribution >= 0.6 is 11.3 Å². The Morgan fingerprint density at radius 2 is 2.12 bits per heavy atom. The molecule has 0 bridgehead atoms. The molecule has 0 amide bonds. The van der Waals surface area contributed by atoms with Crippen molar-refractivity contribution in [3.05, 3.63) is 21.9 Å². The van der Waals surface area contributed by atoms with Crippen LogP contribution in [0.2, 0.25) is 0 Å². The van der Waals surface area contributed by atoms with Crippen LogP contribution in [0.5, 0.6) is 0 Å². The Morgan fingerprint density at radius 1 is 1.47 bits per heavy atom. The van der Waals surface area contributed by atoms with E-state index in [1.807, 2.05) is 0 Å². The van der Waals surface area contributed by atoms with Gasteiger partial charge in [-0.25, -0.2) is 0 Å². The molecule has 0 saturated heterocycles. The van der Waals surface area contributed by atoms with Gasteiger partial charge in [-0.05, 0) is 31.4 Å². The Balaban J connectivity index is 2.56. The SMILES string of the molecule is O=C([O-])CCCc1ccc(C(O)C(F)(F)F)s1. The predicted octanol–water partition coefficient (Wildman–Crippen LogP) is 1.42. The summed E-state index contributed by atoms with van der Waals surface area (Å²) >= 11 is 0.836. The van der Waals surface area contributed by atoms with Crippen molar-refractivity contribution in [3.63, 3.8) is 0 Å².